The molecule has 24 heavy (non-hydrogen) atoms. The first kappa shape index (κ1) is 16.5. The standard InChI is InChI=1S/C20H21NO2S/c1-4-5-9-19-16(3)18-8-6-7-10-20(18)21(19)24(22,23)17-13-11-15(2)12-14-17/h5-14,19H,3-4H2,1-2H3/b9-5+. The molecule has 0 radical (unpaired) electrons. The van der Waals surface area contributed by atoms with Crippen molar-refractivity contribution in [2.75, 3.05) is 4.31 Å². The fourth-order valence-electron chi connectivity index (χ4n) is 2.95. The number of benzene rings is 2. The third-order valence-corrected chi connectivity index (χ3v) is 6.04. The van der Waals surface area contributed by atoms with Gasteiger partial charge in [0.25, 0.3) is 10.0 Å². The lowest BCUT2D eigenvalue weighted by atomic mass is 10.0. The van der Waals surface area contributed by atoms with Crippen molar-refractivity contribution in [3.05, 3.63) is 78.4 Å². The highest BCUT2D eigenvalue weighted by atomic mass is 32.2. The van der Waals surface area contributed by atoms with Gasteiger partial charge in [-0.05, 0) is 37.1 Å². The summed E-state index contributed by atoms with van der Waals surface area (Å²) >= 11 is 0. The van der Waals surface area contributed by atoms with Crippen molar-refractivity contribution in [1.29, 1.82) is 0 Å². The van der Waals surface area contributed by atoms with E-state index in [1.165, 1.54) is 4.31 Å². The van der Waals surface area contributed by atoms with Crippen LogP contribution in [-0.2, 0) is 10.0 Å². The molecular formula is C20H21NO2S. The first-order valence-electron chi connectivity index (χ1n) is 8.02. The number of rotatable bonds is 4. The van der Waals surface area contributed by atoms with Crippen molar-refractivity contribution in [2.24, 2.45) is 0 Å². The Balaban J connectivity index is 2.16. The van der Waals surface area contributed by atoms with E-state index in [-0.39, 0.29) is 6.04 Å². The van der Waals surface area contributed by atoms with E-state index in [1.54, 1.807) is 12.1 Å². The van der Waals surface area contributed by atoms with Gasteiger partial charge in [-0.15, -0.1) is 0 Å². The van der Waals surface area contributed by atoms with E-state index in [1.807, 2.05) is 62.4 Å². The largest absolute Gasteiger partial charge is 0.265 e. The Morgan fingerprint density at radius 3 is 2.46 bits per heavy atom. The fraction of sp³-hybridized carbons (Fsp3) is 0.200. The van der Waals surface area contributed by atoms with Gasteiger partial charge >= 0.3 is 0 Å². The molecule has 3 rings (SSSR count). The van der Waals surface area contributed by atoms with Gasteiger partial charge in [0.2, 0.25) is 0 Å². The van der Waals surface area contributed by atoms with Gasteiger partial charge in [0.1, 0.15) is 0 Å². The number of anilines is 1. The minimum atomic E-state index is -3.66. The predicted molar refractivity (Wildman–Crippen MR) is 99.5 cm³/mol. The summed E-state index contributed by atoms with van der Waals surface area (Å²) in [6.45, 7) is 8.11. The normalized spacial score (nSPS) is 17.5. The van der Waals surface area contributed by atoms with Gasteiger partial charge < -0.3 is 0 Å². The van der Waals surface area contributed by atoms with E-state index in [2.05, 4.69) is 6.58 Å². The Morgan fingerprint density at radius 2 is 1.79 bits per heavy atom. The molecule has 4 heteroatoms. The lowest BCUT2D eigenvalue weighted by Crippen LogP contribution is -2.36. The minimum absolute atomic E-state index is 0.299. The van der Waals surface area contributed by atoms with Crippen LogP contribution in [0.2, 0.25) is 0 Å². The number of hydrogen-bond acceptors (Lipinski definition) is 2. The summed E-state index contributed by atoms with van der Waals surface area (Å²) in [4.78, 5) is 0.299. The van der Waals surface area contributed by atoms with Crippen LogP contribution in [0.3, 0.4) is 0 Å². The van der Waals surface area contributed by atoms with Crippen LogP contribution in [0.15, 0.2) is 72.2 Å². The number of sulfonamides is 1. The number of nitrogens with zero attached hydrogens (tertiary/aromatic N) is 1. The molecule has 1 unspecified atom stereocenters. The first-order valence-corrected chi connectivity index (χ1v) is 9.46. The molecule has 0 saturated heterocycles. The third kappa shape index (κ3) is 2.67. The SMILES string of the molecule is C=C1c2ccccc2N(S(=O)(=O)c2ccc(C)cc2)C1/C=C/CC. The van der Waals surface area contributed by atoms with E-state index in [0.29, 0.717) is 10.6 Å². The lowest BCUT2D eigenvalue weighted by molar-refractivity contribution is 0.591. The molecule has 0 amide bonds. The average Bonchev–Trinajstić information content (AvgIpc) is 2.86. The average molecular weight is 339 g/mol. The van der Waals surface area contributed by atoms with E-state index in [4.69, 9.17) is 0 Å². The maximum Gasteiger partial charge on any atom is 0.265 e. The summed E-state index contributed by atoms with van der Waals surface area (Å²) < 4.78 is 28.0. The molecule has 1 heterocycles. The second-order valence-electron chi connectivity index (χ2n) is 5.94. The second kappa shape index (κ2) is 6.29. The summed E-state index contributed by atoms with van der Waals surface area (Å²) in [6, 6.07) is 14.1. The topological polar surface area (TPSA) is 37.4 Å². The van der Waals surface area contributed by atoms with Crippen LogP contribution < -0.4 is 4.31 Å². The number of para-hydroxylation sites is 1. The zero-order valence-electron chi connectivity index (χ0n) is 13.9. The Bertz CT molecular complexity index is 895. The number of aryl methyl sites for hydroxylation is 1. The fourth-order valence-corrected chi connectivity index (χ4v) is 4.57. The van der Waals surface area contributed by atoms with Gasteiger partial charge in [0.15, 0.2) is 0 Å². The Morgan fingerprint density at radius 1 is 1.12 bits per heavy atom. The maximum absolute atomic E-state index is 13.3. The molecule has 0 aromatic heterocycles. The van der Waals surface area contributed by atoms with E-state index in [0.717, 1.165) is 23.1 Å². The quantitative estimate of drug-likeness (QED) is 0.766. The molecule has 0 spiro atoms. The Hall–Kier alpha value is -2.33. The molecule has 0 fully saturated rings. The van der Waals surface area contributed by atoms with Crippen molar-refractivity contribution >= 4 is 21.3 Å². The van der Waals surface area contributed by atoms with Crippen LogP contribution in [0.25, 0.3) is 5.57 Å². The van der Waals surface area contributed by atoms with Crippen molar-refractivity contribution in [2.45, 2.75) is 31.2 Å². The van der Waals surface area contributed by atoms with Crippen LogP contribution >= 0.6 is 0 Å². The van der Waals surface area contributed by atoms with E-state index >= 15 is 0 Å². The zero-order valence-corrected chi connectivity index (χ0v) is 14.8. The zero-order chi connectivity index (χ0) is 17.3. The molecule has 0 aliphatic carbocycles. The molecule has 1 aliphatic rings. The molecule has 0 bridgehead atoms. The maximum atomic E-state index is 13.3. The summed E-state index contributed by atoms with van der Waals surface area (Å²) in [5.74, 6) is 0. The lowest BCUT2D eigenvalue weighted by Gasteiger charge is -2.25. The molecule has 0 N–H and O–H groups in total. The smallest absolute Gasteiger partial charge is 0.254 e. The monoisotopic (exact) mass is 339 g/mol. The summed E-state index contributed by atoms with van der Waals surface area (Å²) in [6.07, 6.45) is 4.76. The molecule has 2 aromatic rings. The number of hydrogen-bond donors (Lipinski definition) is 0. The molecule has 0 saturated carbocycles. The number of allylic oxidation sites excluding steroid dienone is 1. The van der Waals surface area contributed by atoms with Crippen LogP contribution in [-0.4, -0.2) is 14.5 Å². The molecule has 124 valence electrons. The summed E-state index contributed by atoms with van der Waals surface area (Å²) in [5, 5.41) is 0. The molecule has 1 atom stereocenters. The first-order chi connectivity index (χ1) is 11.5. The van der Waals surface area contributed by atoms with Crippen molar-refractivity contribution in [3.63, 3.8) is 0 Å². The summed E-state index contributed by atoms with van der Waals surface area (Å²) in [7, 11) is -3.66. The van der Waals surface area contributed by atoms with Gasteiger partial charge in [-0.25, -0.2) is 8.42 Å². The highest BCUT2D eigenvalue weighted by molar-refractivity contribution is 7.93. The highest BCUT2D eigenvalue weighted by Crippen LogP contribution is 2.43. The van der Waals surface area contributed by atoms with E-state index in [9.17, 15) is 8.42 Å². The minimum Gasteiger partial charge on any atom is -0.254 e. The summed E-state index contributed by atoms with van der Waals surface area (Å²) in [5.41, 5.74) is 3.42. The second-order valence-corrected chi connectivity index (χ2v) is 7.75. The molecule has 1 aliphatic heterocycles. The molecule has 3 nitrogen and oxygen atoms in total. The van der Waals surface area contributed by atoms with Gasteiger partial charge in [-0.1, -0.05) is 61.5 Å². The van der Waals surface area contributed by atoms with Gasteiger partial charge in [0, 0.05) is 5.56 Å². The van der Waals surface area contributed by atoms with Crippen LogP contribution in [0.5, 0.6) is 0 Å². The highest BCUT2D eigenvalue weighted by Gasteiger charge is 2.39. The van der Waals surface area contributed by atoms with Crippen LogP contribution in [0.4, 0.5) is 5.69 Å². The van der Waals surface area contributed by atoms with Crippen molar-refractivity contribution in [3.8, 4) is 0 Å². The van der Waals surface area contributed by atoms with Gasteiger partial charge in [0.05, 0.1) is 16.6 Å². The Kier molecular flexibility index (Phi) is 4.33. The van der Waals surface area contributed by atoms with E-state index < -0.39 is 10.0 Å². The molecule has 2 aromatic carbocycles. The van der Waals surface area contributed by atoms with Crippen LogP contribution in [0.1, 0.15) is 24.5 Å². The van der Waals surface area contributed by atoms with Crippen molar-refractivity contribution < 1.29 is 8.42 Å². The van der Waals surface area contributed by atoms with Gasteiger partial charge in [-0.2, -0.15) is 0 Å². The number of fused-ring (bicyclic) bond motifs is 1. The third-order valence-electron chi connectivity index (χ3n) is 4.23. The van der Waals surface area contributed by atoms with Gasteiger partial charge in [-0.3, -0.25) is 4.31 Å². The Labute approximate surface area is 144 Å². The molecular weight excluding hydrogens is 318 g/mol. The predicted octanol–water partition coefficient (Wildman–Crippen LogP) is 4.55. The van der Waals surface area contributed by atoms with Crippen molar-refractivity contribution in [1.82, 2.24) is 0 Å². The van der Waals surface area contributed by atoms with Crippen LogP contribution in [0, 0.1) is 6.92 Å².